The second-order valence-electron chi connectivity index (χ2n) is 8.31. The fourth-order valence-corrected chi connectivity index (χ4v) is 4.19. The van der Waals surface area contributed by atoms with Gasteiger partial charge in [-0.25, -0.2) is 4.79 Å². The predicted molar refractivity (Wildman–Crippen MR) is 126 cm³/mol. The van der Waals surface area contributed by atoms with E-state index in [-0.39, 0.29) is 11.9 Å². The first-order chi connectivity index (χ1) is 15.3. The summed E-state index contributed by atoms with van der Waals surface area (Å²) in [5.41, 5.74) is 1.99. The number of carbonyl (C=O) groups is 2. The van der Waals surface area contributed by atoms with Crippen molar-refractivity contribution in [2.45, 2.75) is 33.2 Å². The van der Waals surface area contributed by atoms with Gasteiger partial charge in [-0.05, 0) is 43.9 Å². The average molecular weight is 460 g/mol. The van der Waals surface area contributed by atoms with E-state index >= 15 is 0 Å². The molecule has 3 amide bonds. The molecule has 172 valence electrons. The summed E-state index contributed by atoms with van der Waals surface area (Å²) in [6, 6.07) is 10.9. The number of benzene rings is 2. The van der Waals surface area contributed by atoms with Crippen LogP contribution in [0.3, 0.4) is 0 Å². The topological polar surface area (TPSA) is 79.9 Å². The molecule has 0 unspecified atom stereocenters. The van der Waals surface area contributed by atoms with Gasteiger partial charge in [0.2, 0.25) is 5.91 Å². The quantitative estimate of drug-likeness (QED) is 0.660. The number of methoxy groups -OCH3 is 2. The number of likely N-dealkylation sites (tertiary alicyclic amines) is 1. The number of urea groups is 1. The van der Waals surface area contributed by atoms with Crippen LogP contribution in [-0.4, -0.2) is 44.1 Å². The van der Waals surface area contributed by atoms with Gasteiger partial charge in [0.05, 0.1) is 30.3 Å². The monoisotopic (exact) mass is 459 g/mol. The Bertz CT molecular complexity index is 997. The summed E-state index contributed by atoms with van der Waals surface area (Å²) in [6.07, 6.45) is 1.45. The van der Waals surface area contributed by atoms with Crippen LogP contribution in [0.25, 0.3) is 0 Å². The van der Waals surface area contributed by atoms with Gasteiger partial charge in [-0.1, -0.05) is 35.9 Å². The third-order valence-electron chi connectivity index (χ3n) is 5.95. The van der Waals surface area contributed by atoms with Crippen LogP contribution in [0.5, 0.6) is 11.5 Å². The van der Waals surface area contributed by atoms with Crippen molar-refractivity contribution in [2.75, 3.05) is 32.6 Å². The zero-order valence-electron chi connectivity index (χ0n) is 19.0. The number of hydrogen-bond acceptors (Lipinski definition) is 4. The maximum absolute atomic E-state index is 13.0. The molecule has 2 N–H and O–H groups in total. The summed E-state index contributed by atoms with van der Waals surface area (Å²) in [5.74, 6) is 0.844. The highest BCUT2D eigenvalue weighted by Crippen LogP contribution is 2.36. The summed E-state index contributed by atoms with van der Waals surface area (Å²) in [7, 11) is 3.02. The molecule has 1 saturated heterocycles. The summed E-state index contributed by atoms with van der Waals surface area (Å²) >= 11 is 6.21. The van der Waals surface area contributed by atoms with E-state index in [9.17, 15) is 9.59 Å². The highest BCUT2D eigenvalue weighted by Gasteiger charge is 2.39. The van der Waals surface area contributed by atoms with Gasteiger partial charge in [-0.3, -0.25) is 4.79 Å². The van der Waals surface area contributed by atoms with Gasteiger partial charge in [0.25, 0.3) is 0 Å². The van der Waals surface area contributed by atoms with Crippen molar-refractivity contribution < 1.29 is 19.1 Å². The van der Waals surface area contributed by atoms with Crippen molar-refractivity contribution >= 4 is 29.2 Å². The van der Waals surface area contributed by atoms with E-state index in [0.29, 0.717) is 48.3 Å². The van der Waals surface area contributed by atoms with Crippen LogP contribution in [0.1, 0.15) is 30.9 Å². The molecule has 32 heavy (non-hydrogen) atoms. The number of nitrogens with one attached hydrogen (secondary N) is 2. The molecule has 1 aliphatic heterocycles. The van der Waals surface area contributed by atoms with Crippen molar-refractivity contribution in [3.05, 3.63) is 52.5 Å². The summed E-state index contributed by atoms with van der Waals surface area (Å²) in [6.45, 7) is 5.29. The average Bonchev–Trinajstić information content (AvgIpc) is 2.78. The number of carbonyl (C=O) groups excluding carboxylic acids is 2. The Kier molecular flexibility index (Phi) is 7.51. The van der Waals surface area contributed by atoms with Crippen molar-refractivity contribution in [2.24, 2.45) is 5.41 Å². The first kappa shape index (κ1) is 23.7. The standard InChI is InChI=1S/C24H30ClN3O4/c1-16-8-5-6-9-17(16)14-26-22(29)24(2)10-7-11-28(15-24)23(30)27-19-12-18(25)20(31-3)13-21(19)32-4/h5-6,8-9,12-13H,7,10-11,14-15H2,1-4H3,(H,26,29)(H,27,30)/t24-/m0/s1. The van der Waals surface area contributed by atoms with E-state index in [1.165, 1.54) is 14.2 Å². The fraction of sp³-hybridized carbons (Fsp3) is 0.417. The lowest BCUT2D eigenvalue weighted by Crippen LogP contribution is -2.52. The largest absolute Gasteiger partial charge is 0.495 e. The van der Waals surface area contributed by atoms with Crippen LogP contribution < -0.4 is 20.1 Å². The molecule has 8 heteroatoms. The Hall–Kier alpha value is -2.93. The van der Waals surface area contributed by atoms with Gasteiger partial charge >= 0.3 is 6.03 Å². The number of nitrogens with zero attached hydrogens (tertiary/aromatic N) is 1. The maximum atomic E-state index is 13.0. The van der Waals surface area contributed by atoms with Crippen LogP contribution >= 0.6 is 11.6 Å². The van der Waals surface area contributed by atoms with E-state index in [4.69, 9.17) is 21.1 Å². The first-order valence-corrected chi connectivity index (χ1v) is 11.0. The highest BCUT2D eigenvalue weighted by molar-refractivity contribution is 6.32. The minimum Gasteiger partial charge on any atom is -0.495 e. The van der Waals surface area contributed by atoms with Crippen molar-refractivity contribution in [3.63, 3.8) is 0 Å². The third-order valence-corrected chi connectivity index (χ3v) is 6.24. The van der Waals surface area contributed by atoms with E-state index in [0.717, 1.165) is 17.5 Å². The highest BCUT2D eigenvalue weighted by atomic mass is 35.5. The number of halogens is 1. The lowest BCUT2D eigenvalue weighted by Gasteiger charge is -2.39. The summed E-state index contributed by atoms with van der Waals surface area (Å²) < 4.78 is 10.6. The Morgan fingerprint density at radius 3 is 2.56 bits per heavy atom. The molecule has 1 heterocycles. The van der Waals surface area contributed by atoms with Crippen LogP contribution in [-0.2, 0) is 11.3 Å². The molecule has 0 bridgehead atoms. The van der Waals surface area contributed by atoms with Crippen LogP contribution in [0.15, 0.2) is 36.4 Å². The van der Waals surface area contributed by atoms with Crippen LogP contribution in [0.2, 0.25) is 5.02 Å². The summed E-state index contributed by atoms with van der Waals surface area (Å²) in [5, 5.41) is 6.27. The Balaban J connectivity index is 1.67. The van der Waals surface area contributed by atoms with Crippen LogP contribution in [0, 0.1) is 12.3 Å². The lowest BCUT2D eigenvalue weighted by atomic mass is 9.81. The predicted octanol–water partition coefficient (Wildman–Crippen LogP) is 4.62. The van der Waals surface area contributed by atoms with E-state index < -0.39 is 5.41 Å². The number of ether oxygens (including phenoxy) is 2. The molecule has 0 aliphatic carbocycles. The van der Waals surface area contributed by atoms with Crippen molar-refractivity contribution in [1.82, 2.24) is 10.2 Å². The minimum atomic E-state index is -0.667. The lowest BCUT2D eigenvalue weighted by molar-refractivity contribution is -0.132. The molecule has 0 saturated carbocycles. The van der Waals surface area contributed by atoms with Crippen LogP contribution in [0.4, 0.5) is 10.5 Å². The first-order valence-electron chi connectivity index (χ1n) is 10.6. The van der Waals surface area contributed by atoms with Crippen molar-refractivity contribution in [3.8, 4) is 11.5 Å². The molecule has 1 fully saturated rings. The van der Waals surface area contributed by atoms with Gasteiger partial charge < -0.3 is 25.0 Å². The molecule has 0 radical (unpaired) electrons. The number of anilines is 1. The van der Waals surface area contributed by atoms with E-state index in [1.54, 1.807) is 17.0 Å². The zero-order chi connectivity index (χ0) is 23.3. The normalized spacial score (nSPS) is 18.1. The van der Waals surface area contributed by atoms with Gasteiger partial charge in [-0.2, -0.15) is 0 Å². The third kappa shape index (κ3) is 5.27. The molecule has 0 aromatic heterocycles. The van der Waals surface area contributed by atoms with Gasteiger partial charge in [0.15, 0.2) is 0 Å². The number of rotatable bonds is 6. The minimum absolute atomic E-state index is 0.0525. The number of piperidine rings is 1. The second-order valence-corrected chi connectivity index (χ2v) is 8.72. The molecule has 2 aromatic carbocycles. The number of aryl methyl sites for hydroxylation is 1. The Morgan fingerprint density at radius 1 is 1.16 bits per heavy atom. The second kappa shape index (κ2) is 10.1. The summed E-state index contributed by atoms with van der Waals surface area (Å²) in [4.78, 5) is 27.7. The van der Waals surface area contributed by atoms with E-state index in [2.05, 4.69) is 10.6 Å². The molecule has 3 rings (SSSR count). The molecule has 1 atom stereocenters. The van der Waals surface area contributed by atoms with Gasteiger partial charge in [-0.15, -0.1) is 0 Å². The van der Waals surface area contributed by atoms with Gasteiger partial charge in [0, 0.05) is 25.7 Å². The smallest absolute Gasteiger partial charge is 0.321 e. The fourth-order valence-electron chi connectivity index (χ4n) is 3.95. The Morgan fingerprint density at radius 2 is 1.88 bits per heavy atom. The molecule has 2 aromatic rings. The van der Waals surface area contributed by atoms with E-state index in [1.807, 2.05) is 38.1 Å². The zero-order valence-corrected chi connectivity index (χ0v) is 19.7. The molecule has 0 spiro atoms. The Labute approximate surface area is 194 Å². The SMILES string of the molecule is COc1cc(OC)c(NC(=O)N2CCC[C@](C)(C(=O)NCc3ccccc3C)C2)cc1Cl. The number of amides is 3. The molecule has 7 nitrogen and oxygen atoms in total. The van der Waals surface area contributed by atoms with Crippen molar-refractivity contribution in [1.29, 1.82) is 0 Å². The molecule has 1 aliphatic rings. The molecular formula is C24H30ClN3O4. The maximum Gasteiger partial charge on any atom is 0.321 e. The molecular weight excluding hydrogens is 430 g/mol. The van der Waals surface area contributed by atoms with Gasteiger partial charge in [0.1, 0.15) is 11.5 Å². The number of hydrogen-bond donors (Lipinski definition) is 2.